The number of carbonyl (C=O) groups excluding carboxylic acids is 1. The van der Waals surface area contributed by atoms with E-state index < -0.39 is 5.82 Å². The molecular weight excluding hydrogens is 335 g/mol. The highest BCUT2D eigenvalue weighted by Gasteiger charge is 2.23. The van der Waals surface area contributed by atoms with E-state index in [0.29, 0.717) is 43.4 Å². The molecule has 0 N–H and O–H groups in total. The number of aryl methyl sites for hydroxylation is 1. The fourth-order valence-electron chi connectivity index (χ4n) is 2.93. The van der Waals surface area contributed by atoms with E-state index in [2.05, 4.69) is 14.9 Å². The number of benzene rings is 1. The number of hydrogen-bond donors (Lipinski definition) is 0. The van der Waals surface area contributed by atoms with Crippen LogP contribution in [0.4, 0.5) is 10.2 Å². The van der Waals surface area contributed by atoms with Crippen LogP contribution >= 0.6 is 0 Å². The Kier molecular flexibility index (Phi) is 5.35. The summed E-state index contributed by atoms with van der Waals surface area (Å²) in [5.41, 5.74) is 0.379. The minimum Gasteiger partial charge on any atom is -0.475 e. The van der Waals surface area contributed by atoms with E-state index in [1.165, 1.54) is 12.1 Å². The molecule has 0 radical (unpaired) electrons. The smallest absolute Gasteiger partial charge is 0.254 e. The summed E-state index contributed by atoms with van der Waals surface area (Å²) in [6, 6.07) is 7.64. The first-order valence-electron chi connectivity index (χ1n) is 8.74. The number of anilines is 1. The van der Waals surface area contributed by atoms with Crippen LogP contribution in [0.2, 0.25) is 0 Å². The minimum atomic E-state index is -0.399. The van der Waals surface area contributed by atoms with Gasteiger partial charge in [-0.15, -0.1) is 0 Å². The predicted molar refractivity (Wildman–Crippen MR) is 97.0 cm³/mol. The third-order valence-corrected chi connectivity index (χ3v) is 4.12. The summed E-state index contributed by atoms with van der Waals surface area (Å²) >= 11 is 0. The molecule has 1 aliphatic heterocycles. The second-order valence-corrected chi connectivity index (χ2v) is 6.57. The van der Waals surface area contributed by atoms with Crippen molar-refractivity contribution in [1.82, 2.24) is 14.9 Å². The second kappa shape index (κ2) is 7.68. The van der Waals surface area contributed by atoms with Crippen LogP contribution in [0.25, 0.3) is 0 Å². The molecule has 0 bridgehead atoms. The number of aromatic nitrogens is 2. The van der Waals surface area contributed by atoms with Crippen molar-refractivity contribution in [2.75, 3.05) is 31.1 Å². The van der Waals surface area contributed by atoms with Crippen molar-refractivity contribution in [3.63, 3.8) is 0 Å². The van der Waals surface area contributed by atoms with Gasteiger partial charge < -0.3 is 14.5 Å². The van der Waals surface area contributed by atoms with Crippen LogP contribution in [-0.4, -0.2) is 53.1 Å². The van der Waals surface area contributed by atoms with E-state index >= 15 is 0 Å². The number of hydrogen-bond acceptors (Lipinski definition) is 5. The molecule has 0 unspecified atom stereocenters. The third kappa shape index (κ3) is 4.28. The highest BCUT2D eigenvalue weighted by Crippen LogP contribution is 2.20. The van der Waals surface area contributed by atoms with Crippen molar-refractivity contribution in [1.29, 1.82) is 0 Å². The van der Waals surface area contributed by atoms with Crippen LogP contribution in [0.1, 0.15) is 30.0 Å². The summed E-state index contributed by atoms with van der Waals surface area (Å²) < 4.78 is 19.0. The van der Waals surface area contributed by atoms with Gasteiger partial charge in [-0.3, -0.25) is 4.79 Å². The molecule has 2 aromatic rings. The summed E-state index contributed by atoms with van der Waals surface area (Å²) in [6.07, 6.45) is 0.0397. The second-order valence-electron chi connectivity index (χ2n) is 6.57. The van der Waals surface area contributed by atoms with Crippen molar-refractivity contribution < 1.29 is 13.9 Å². The Morgan fingerprint density at radius 1 is 1.15 bits per heavy atom. The van der Waals surface area contributed by atoms with Crippen molar-refractivity contribution in [3.8, 4) is 5.88 Å². The fourth-order valence-corrected chi connectivity index (χ4v) is 2.93. The average Bonchev–Trinajstić information content (AvgIpc) is 2.60. The Morgan fingerprint density at radius 2 is 1.88 bits per heavy atom. The van der Waals surface area contributed by atoms with Gasteiger partial charge in [0, 0.05) is 37.8 Å². The first-order valence-corrected chi connectivity index (χ1v) is 8.74. The quantitative estimate of drug-likeness (QED) is 0.841. The summed E-state index contributed by atoms with van der Waals surface area (Å²) in [6.45, 7) is 8.15. The Morgan fingerprint density at radius 3 is 2.54 bits per heavy atom. The van der Waals surface area contributed by atoms with Gasteiger partial charge in [-0.2, -0.15) is 4.98 Å². The SMILES string of the molecule is Cc1nc(OC(C)C)cc(N2CCN(C(=O)c3cccc(F)c3)CC2)n1. The zero-order valence-electron chi connectivity index (χ0n) is 15.3. The van der Waals surface area contributed by atoms with Gasteiger partial charge in [0.2, 0.25) is 5.88 Å². The Bertz CT molecular complexity index is 789. The van der Waals surface area contributed by atoms with E-state index in [4.69, 9.17) is 4.74 Å². The van der Waals surface area contributed by atoms with Crippen LogP contribution in [0.15, 0.2) is 30.3 Å². The summed E-state index contributed by atoms with van der Waals surface area (Å²) in [7, 11) is 0. The summed E-state index contributed by atoms with van der Waals surface area (Å²) in [5, 5.41) is 0. The van der Waals surface area contributed by atoms with Crippen molar-refractivity contribution in [2.24, 2.45) is 0 Å². The molecule has 3 rings (SSSR count). The van der Waals surface area contributed by atoms with Crippen LogP contribution in [0, 0.1) is 12.7 Å². The largest absolute Gasteiger partial charge is 0.475 e. The Labute approximate surface area is 152 Å². The van der Waals surface area contributed by atoms with Crippen LogP contribution in [0.5, 0.6) is 5.88 Å². The van der Waals surface area contributed by atoms with Gasteiger partial charge in [0.25, 0.3) is 5.91 Å². The van der Waals surface area contributed by atoms with Gasteiger partial charge in [-0.25, -0.2) is 9.37 Å². The van der Waals surface area contributed by atoms with Gasteiger partial charge in [0.1, 0.15) is 17.5 Å². The van der Waals surface area contributed by atoms with E-state index in [9.17, 15) is 9.18 Å². The van der Waals surface area contributed by atoms with Crippen LogP contribution < -0.4 is 9.64 Å². The fraction of sp³-hybridized carbons (Fsp3) is 0.421. The molecule has 1 aromatic heterocycles. The third-order valence-electron chi connectivity index (χ3n) is 4.12. The molecule has 1 fully saturated rings. The molecule has 26 heavy (non-hydrogen) atoms. The number of halogens is 1. The van der Waals surface area contributed by atoms with E-state index in [1.54, 1.807) is 17.0 Å². The first-order chi connectivity index (χ1) is 12.4. The van der Waals surface area contributed by atoms with Gasteiger partial charge >= 0.3 is 0 Å². The average molecular weight is 358 g/mol. The highest BCUT2D eigenvalue weighted by molar-refractivity contribution is 5.94. The van der Waals surface area contributed by atoms with Crippen molar-refractivity contribution >= 4 is 11.7 Å². The van der Waals surface area contributed by atoms with Crippen molar-refractivity contribution in [3.05, 3.63) is 47.5 Å². The molecule has 0 atom stereocenters. The zero-order valence-corrected chi connectivity index (χ0v) is 15.3. The molecule has 6 nitrogen and oxygen atoms in total. The van der Waals surface area contributed by atoms with Gasteiger partial charge in [0.05, 0.1) is 6.10 Å². The first kappa shape index (κ1) is 18.1. The highest BCUT2D eigenvalue weighted by atomic mass is 19.1. The summed E-state index contributed by atoms with van der Waals surface area (Å²) in [4.78, 5) is 25.2. The van der Waals surface area contributed by atoms with E-state index in [-0.39, 0.29) is 12.0 Å². The van der Waals surface area contributed by atoms with E-state index in [1.807, 2.05) is 26.8 Å². The molecule has 1 amide bonds. The lowest BCUT2D eigenvalue weighted by molar-refractivity contribution is 0.0746. The molecule has 7 heteroatoms. The standard InChI is InChI=1S/C19H23FN4O2/c1-13(2)26-18-12-17(21-14(3)22-18)23-7-9-24(10-8-23)19(25)15-5-4-6-16(20)11-15/h4-6,11-13H,7-10H2,1-3H3. The number of carbonyl (C=O) groups is 1. The zero-order chi connectivity index (χ0) is 18.7. The lowest BCUT2D eigenvalue weighted by Crippen LogP contribution is -2.49. The minimum absolute atomic E-state index is 0.0397. The molecule has 0 spiro atoms. The maximum absolute atomic E-state index is 13.3. The Hall–Kier alpha value is -2.70. The topological polar surface area (TPSA) is 58.6 Å². The normalized spacial score (nSPS) is 14.7. The lowest BCUT2D eigenvalue weighted by Gasteiger charge is -2.35. The molecule has 2 heterocycles. The molecule has 0 aliphatic carbocycles. The predicted octanol–water partition coefficient (Wildman–Crippen LogP) is 2.67. The number of piperazine rings is 1. The van der Waals surface area contributed by atoms with E-state index in [0.717, 1.165) is 5.82 Å². The van der Waals surface area contributed by atoms with Crippen molar-refractivity contribution in [2.45, 2.75) is 26.9 Å². The monoisotopic (exact) mass is 358 g/mol. The maximum atomic E-state index is 13.3. The Balaban J connectivity index is 1.67. The molecule has 1 aromatic carbocycles. The molecule has 1 saturated heterocycles. The molecule has 1 aliphatic rings. The lowest BCUT2D eigenvalue weighted by atomic mass is 10.1. The number of nitrogens with zero attached hydrogens (tertiary/aromatic N) is 4. The summed E-state index contributed by atoms with van der Waals surface area (Å²) in [5.74, 6) is 1.46. The van der Waals surface area contributed by atoms with Crippen LogP contribution in [0.3, 0.4) is 0 Å². The number of ether oxygens (including phenoxy) is 1. The van der Waals surface area contributed by atoms with Crippen LogP contribution in [-0.2, 0) is 0 Å². The van der Waals surface area contributed by atoms with Gasteiger partial charge in [0.15, 0.2) is 0 Å². The number of rotatable bonds is 4. The maximum Gasteiger partial charge on any atom is 0.254 e. The number of amides is 1. The molecule has 0 saturated carbocycles. The van der Waals surface area contributed by atoms with Gasteiger partial charge in [-0.1, -0.05) is 6.07 Å². The van der Waals surface area contributed by atoms with Gasteiger partial charge in [-0.05, 0) is 39.0 Å². The molecular formula is C19H23FN4O2. The molecule has 138 valence electrons.